The summed E-state index contributed by atoms with van der Waals surface area (Å²) in [5.74, 6) is 0.450. The molecule has 1 aromatic carbocycles. The van der Waals surface area contributed by atoms with Crippen LogP contribution < -0.4 is 10.6 Å². The summed E-state index contributed by atoms with van der Waals surface area (Å²) in [5.41, 5.74) is 1.22. The third-order valence-electron chi connectivity index (χ3n) is 6.52. The first-order valence-corrected chi connectivity index (χ1v) is 10.2. The number of hydrogen-bond donors (Lipinski definition) is 2. The van der Waals surface area contributed by atoms with Crippen LogP contribution >= 0.6 is 0 Å². The van der Waals surface area contributed by atoms with Gasteiger partial charge in [-0.25, -0.2) is 0 Å². The number of piperidine rings is 2. The Kier molecular flexibility index (Phi) is 4.84. The van der Waals surface area contributed by atoms with Crippen LogP contribution in [-0.2, 0) is 9.59 Å². The summed E-state index contributed by atoms with van der Waals surface area (Å²) in [4.78, 5) is 30.1. The van der Waals surface area contributed by atoms with Gasteiger partial charge < -0.3 is 20.4 Å². The zero-order chi connectivity index (χ0) is 19.0. The van der Waals surface area contributed by atoms with Crippen LogP contribution in [-0.4, -0.2) is 59.4 Å². The highest BCUT2D eigenvalue weighted by Gasteiger charge is 2.45. The van der Waals surface area contributed by atoms with Crippen molar-refractivity contribution in [1.82, 2.24) is 9.80 Å². The molecule has 146 valence electrons. The summed E-state index contributed by atoms with van der Waals surface area (Å²) >= 11 is 0. The minimum Gasteiger partial charge on any atom is -0.369 e. The fourth-order valence-electron chi connectivity index (χ4n) is 4.64. The summed E-state index contributed by atoms with van der Waals surface area (Å²) in [6, 6.07) is 8.35. The lowest BCUT2D eigenvalue weighted by atomic mass is 9.83. The third-order valence-corrected chi connectivity index (χ3v) is 6.52. The topological polar surface area (TPSA) is 64.7 Å². The lowest BCUT2D eigenvalue weighted by molar-refractivity contribution is -0.140. The van der Waals surface area contributed by atoms with E-state index in [-0.39, 0.29) is 17.7 Å². The first kappa shape index (κ1) is 18.3. The summed E-state index contributed by atoms with van der Waals surface area (Å²) in [6.07, 6.45) is 3.21. The fraction of sp³-hybridized carbons (Fsp3) is 0.619. The van der Waals surface area contributed by atoms with Crippen LogP contribution in [0.25, 0.3) is 0 Å². The maximum absolute atomic E-state index is 13.0. The fourth-order valence-corrected chi connectivity index (χ4v) is 4.64. The molecule has 0 radical (unpaired) electrons. The lowest BCUT2D eigenvalue weighted by Crippen LogP contribution is -2.59. The molecule has 2 N–H and O–H groups in total. The zero-order valence-electron chi connectivity index (χ0n) is 16.3. The van der Waals surface area contributed by atoms with Gasteiger partial charge in [0.1, 0.15) is 5.54 Å². The summed E-state index contributed by atoms with van der Waals surface area (Å²) in [6.45, 7) is 7.73. The number of nitrogens with zero attached hydrogens (tertiary/aromatic N) is 2. The first-order valence-electron chi connectivity index (χ1n) is 10.2. The number of para-hydroxylation sites is 2. The van der Waals surface area contributed by atoms with Crippen LogP contribution in [0.15, 0.2) is 24.3 Å². The Balaban J connectivity index is 1.37. The van der Waals surface area contributed by atoms with Crippen molar-refractivity contribution in [2.75, 3.05) is 36.8 Å². The maximum atomic E-state index is 13.0. The molecule has 6 heteroatoms. The predicted octanol–water partition coefficient (Wildman–Crippen LogP) is 2.53. The number of benzene rings is 1. The van der Waals surface area contributed by atoms with Gasteiger partial charge >= 0.3 is 0 Å². The highest BCUT2D eigenvalue weighted by Crippen LogP contribution is 2.36. The van der Waals surface area contributed by atoms with E-state index < -0.39 is 5.54 Å². The Hall–Kier alpha value is -2.08. The van der Waals surface area contributed by atoms with Crippen LogP contribution in [0.5, 0.6) is 0 Å². The van der Waals surface area contributed by atoms with E-state index in [9.17, 15) is 9.59 Å². The minimum atomic E-state index is -0.591. The highest BCUT2D eigenvalue weighted by atomic mass is 16.2. The molecule has 0 unspecified atom stereocenters. The standard InChI is InChI=1S/C21H30N4O2/c1-15(2)24-11-7-16(8-12-24)19(26)25-13-9-21(10-14-25)20(27)22-17-5-3-4-6-18(17)23-21/h3-6,15-16,23H,7-14H2,1-2H3,(H,22,27). The molecule has 1 aromatic rings. The van der Waals surface area contributed by atoms with Gasteiger partial charge in [-0.3, -0.25) is 9.59 Å². The van der Waals surface area contributed by atoms with Crippen molar-refractivity contribution in [3.63, 3.8) is 0 Å². The van der Waals surface area contributed by atoms with Gasteiger partial charge in [-0.2, -0.15) is 0 Å². The van der Waals surface area contributed by atoms with Gasteiger partial charge in [0, 0.05) is 25.0 Å². The normalized spacial score (nSPS) is 23.1. The largest absolute Gasteiger partial charge is 0.369 e. The molecule has 0 saturated carbocycles. The average Bonchev–Trinajstić information content (AvgIpc) is 2.69. The van der Waals surface area contributed by atoms with E-state index in [1.807, 2.05) is 29.2 Å². The smallest absolute Gasteiger partial charge is 0.250 e. The van der Waals surface area contributed by atoms with Crippen molar-refractivity contribution in [1.29, 1.82) is 0 Å². The number of nitrogens with one attached hydrogen (secondary N) is 2. The van der Waals surface area contributed by atoms with Crippen molar-refractivity contribution in [2.24, 2.45) is 5.92 Å². The van der Waals surface area contributed by atoms with Gasteiger partial charge in [-0.15, -0.1) is 0 Å². The summed E-state index contributed by atoms with van der Waals surface area (Å²) in [5, 5.41) is 6.50. The number of carbonyl (C=O) groups excluding carboxylic acids is 2. The quantitative estimate of drug-likeness (QED) is 0.840. The molecule has 3 aliphatic rings. The molecule has 6 nitrogen and oxygen atoms in total. The van der Waals surface area contributed by atoms with E-state index in [0.29, 0.717) is 32.0 Å². The summed E-state index contributed by atoms with van der Waals surface area (Å²) in [7, 11) is 0. The first-order chi connectivity index (χ1) is 13.0. The number of amides is 2. The van der Waals surface area contributed by atoms with Crippen molar-refractivity contribution in [3.05, 3.63) is 24.3 Å². The number of rotatable bonds is 2. The van der Waals surface area contributed by atoms with E-state index in [4.69, 9.17) is 0 Å². The van der Waals surface area contributed by atoms with E-state index in [1.54, 1.807) is 0 Å². The average molecular weight is 370 g/mol. The van der Waals surface area contributed by atoms with Crippen LogP contribution in [0.1, 0.15) is 39.5 Å². The SMILES string of the molecule is CC(C)N1CCC(C(=O)N2CCC3(CC2)Nc2ccccc2NC3=O)CC1. The predicted molar refractivity (Wildman–Crippen MR) is 107 cm³/mol. The molecule has 1 spiro atoms. The Bertz CT molecular complexity index is 717. The van der Waals surface area contributed by atoms with Gasteiger partial charge in [0.15, 0.2) is 0 Å². The third kappa shape index (κ3) is 3.43. The number of likely N-dealkylation sites (tertiary alicyclic amines) is 2. The molecule has 0 aromatic heterocycles. The molecule has 0 aliphatic carbocycles. The Morgan fingerprint density at radius 2 is 1.70 bits per heavy atom. The number of carbonyl (C=O) groups is 2. The Labute approximate surface area is 161 Å². The molecule has 0 atom stereocenters. The zero-order valence-corrected chi connectivity index (χ0v) is 16.3. The molecule has 2 amide bonds. The lowest BCUT2D eigenvalue weighted by Gasteiger charge is -2.45. The second-order valence-corrected chi connectivity index (χ2v) is 8.44. The van der Waals surface area contributed by atoms with Gasteiger partial charge in [0.05, 0.1) is 11.4 Å². The van der Waals surface area contributed by atoms with Crippen molar-refractivity contribution in [3.8, 4) is 0 Å². The second kappa shape index (κ2) is 7.15. The minimum absolute atomic E-state index is 0.0264. The van der Waals surface area contributed by atoms with Crippen molar-refractivity contribution in [2.45, 2.75) is 51.1 Å². The monoisotopic (exact) mass is 370 g/mol. The second-order valence-electron chi connectivity index (χ2n) is 8.44. The Morgan fingerprint density at radius 3 is 2.33 bits per heavy atom. The van der Waals surface area contributed by atoms with Gasteiger partial charge in [-0.05, 0) is 64.8 Å². The molecular formula is C21H30N4O2. The van der Waals surface area contributed by atoms with Gasteiger partial charge in [0.25, 0.3) is 0 Å². The number of hydrogen-bond acceptors (Lipinski definition) is 4. The van der Waals surface area contributed by atoms with Gasteiger partial charge in [-0.1, -0.05) is 12.1 Å². The molecule has 27 heavy (non-hydrogen) atoms. The molecule has 3 heterocycles. The number of anilines is 2. The molecule has 3 aliphatic heterocycles. The van der Waals surface area contributed by atoms with E-state index in [0.717, 1.165) is 37.3 Å². The van der Waals surface area contributed by atoms with Crippen molar-refractivity contribution < 1.29 is 9.59 Å². The number of fused-ring (bicyclic) bond motifs is 1. The van der Waals surface area contributed by atoms with Crippen LogP contribution in [0.4, 0.5) is 11.4 Å². The maximum Gasteiger partial charge on any atom is 0.250 e. The van der Waals surface area contributed by atoms with Crippen LogP contribution in [0.2, 0.25) is 0 Å². The van der Waals surface area contributed by atoms with E-state index >= 15 is 0 Å². The molecule has 2 saturated heterocycles. The Morgan fingerprint density at radius 1 is 1.07 bits per heavy atom. The van der Waals surface area contributed by atoms with E-state index in [2.05, 4.69) is 29.4 Å². The van der Waals surface area contributed by atoms with Crippen molar-refractivity contribution >= 4 is 23.2 Å². The molecule has 0 bridgehead atoms. The molecule has 4 rings (SSSR count). The van der Waals surface area contributed by atoms with E-state index in [1.165, 1.54) is 0 Å². The molecule has 2 fully saturated rings. The van der Waals surface area contributed by atoms with Crippen LogP contribution in [0, 0.1) is 5.92 Å². The summed E-state index contributed by atoms with van der Waals surface area (Å²) < 4.78 is 0. The van der Waals surface area contributed by atoms with Crippen LogP contribution in [0.3, 0.4) is 0 Å². The van der Waals surface area contributed by atoms with Gasteiger partial charge in [0.2, 0.25) is 11.8 Å². The molecular weight excluding hydrogens is 340 g/mol. The highest BCUT2D eigenvalue weighted by molar-refractivity contribution is 6.06.